The number of hydrogen-bond acceptors (Lipinski definition) is 6. The molecule has 0 aromatic heterocycles. The van der Waals surface area contributed by atoms with Crippen LogP contribution in [0.5, 0.6) is 11.5 Å². The summed E-state index contributed by atoms with van der Waals surface area (Å²) in [6, 6.07) is 24.3. The Morgan fingerprint density at radius 1 is 0.848 bits per heavy atom. The molecule has 1 aliphatic rings. The number of allylic oxidation sites excluding steroid dienone is 3. The van der Waals surface area contributed by atoms with Crippen molar-refractivity contribution in [1.29, 1.82) is 0 Å². The second-order valence-electron chi connectivity index (χ2n) is 12.1. The van der Waals surface area contributed by atoms with Crippen molar-refractivity contribution in [2.24, 2.45) is 5.73 Å². The molecular formula is C40H48N2O4. The zero-order valence-corrected chi connectivity index (χ0v) is 27.0. The molecule has 0 spiro atoms. The minimum atomic E-state index is -0.266. The fourth-order valence-corrected chi connectivity index (χ4v) is 5.83. The molecule has 3 aromatic rings. The normalized spacial score (nSPS) is 14.4. The smallest absolute Gasteiger partial charge is 0.163 e. The van der Waals surface area contributed by atoms with Gasteiger partial charge in [-0.2, -0.15) is 0 Å². The Labute approximate surface area is 274 Å². The van der Waals surface area contributed by atoms with Crippen LogP contribution in [0.15, 0.2) is 102 Å². The number of unbranched alkanes of at least 4 members (excludes halogenated alkanes) is 5. The van der Waals surface area contributed by atoms with Crippen LogP contribution in [-0.4, -0.2) is 29.9 Å². The number of rotatable bonds is 19. The molecule has 1 atom stereocenters. The molecule has 242 valence electrons. The van der Waals surface area contributed by atoms with Crippen LogP contribution in [0.1, 0.15) is 80.0 Å². The van der Waals surface area contributed by atoms with Crippen LogP contribution in [0.3, 0.4) is 0 Å². The maximum Gasteiger partial charge on any atom is 0.163 e. The summed E-state index contributed by atoms with van der Waals surface area (Å²) in [5.41, 5.74) is 12.6. The maximum absolute atomic E-state index is 12.7. The van der Waals surface area contributed by atoms with Crippen LogP contribution in [0, 0.1) is 0 Å². The van der Waals surface area contributed by atoms with Crippen molar-refractivity contribution in [1.82, 2.24) is 5.32 Å². The van der Waals surface area contributed by atoms with E-state index in [2.05, 4.69) is 41.7 Å². The maximum atomic E-state index is 12.7. The van der Waals surface area contributed by atoms with E-state index >= 15 is 0 Å². The molecule has 4 rings (SSSR count). The second kappa shape index (κ2) is 18.5. The van der Waals surface area contributed by atoms with Crippen molar-refractivity contribution in [3.8, 4) is 11.5 Å². The SMILES string of the molecule is COc1cc(C=CC(=O)CC(=O)CCCCCCCCc2ccccc2)c(CC2=CNC(N)C=C2CCc2ccccc2)cc1O. The molecule has 0 amide bonds. The van der Waals surface area contributed by atoms with Gasteiger partial charge in [-0.15, -0.1) is 0 Å². The Balaban J connectivity index is 1.27. The topological polar surface area (TPSA) is 102 Å². The number of aromatic hydroxyl groups is 1. The first-order valence-electron chi connectivity index (χ1n) is 16.5. The highest BCUT2D eigenvalue weighted by Crippen LogP contribution is 2.33. The van der Waals surface area contributed by atoms with Crippen LogP contribution in [0.2, 0.25) is 0 Å². The van der Waals surface area contributed by atoms with Crippen molar-refractivity contribution in [3.05, 3.63) is 125 Å². The van der Waals surface area contributed by atoms with E-state index in [1.807, 2.05) is 36.5 Å². The third-order valence-electron chi connectivity index (χ3n) is 8.42. The van der Waals surface area contributed by atoms with Gasteiger partial charge < -0.3 is 20.9 Å². The summed E-state index contributed by atoms with van der Waals surface area (Å²) in [6.07, 6.45) is 17.1. The number of ketones is 2. The molecule has 6 nitrogen and oxygen atoms in total. The Bertz CT molecular complexity index is 1510. The third kappa shape index (κ3) is 11.5. The molecule has 0 radical (unpaired) electrons. The van der Waals surface area contributed by atoms with E-state index in [0.29, 0.717) is 18.6 Å². The first kappa shape index (κ1) is 34.5. The predicted octanol–water partition coefficient (Wildman–Crippen LogP) is 7.79. The Morgan fingerprint density at radius 3 is 2.20 bits per heavy atom. The molecule has 3 aromatic carbocycles. The summed E-state index contributed by atoms with van der Waals surface area (Å²) in [5, 5.41) is 13.8. The number of aryl methyl sites for hydroxylation is 2. The fraction of sp³-hybridized carbons (Fsp3) is 0.350. The molecule has 1 unspecified atom stereocenters. The Kier molecular flexibility index (Phi) is 13.9. The Hall–Kier alpha value is -4.42. The number of phenols is 1. The van der Waals surface area contributed by atoms with Crippen LogP contribution >= 0.6 is 0 Å². The molecule has 1 heterocycles. The molecule has 46 heavy (non-hydrogen) atoms. The summed E-state index contributed by atoms with van der Waals surface area (Å²) in [6.45, 7) is 0. The number of hydrogen-bond donors (Lipinski definition) is 3. The first-order chi connectivity index (χ1) is 22.4. The fourth-order valence-electron chi connectivity index (χ4n) is 5.83. The van der Waals surface area contributed by atoms with Gasteiger partial charge in [0.1, 0.15) is 5.78 Å². The molecule has 6 heteroatoms. The summed E-state index contributed by atoms with van der Waals surface area (Å²) in [5.74, 6) is 0.106. The van der Waals surface area contributed by atoms with E-state index in [-0.39, 0.29) is 29.9 Å². The molecule has 0 aliphatic carbocycles. The molecule has 0 saturated heterocycles. The van der Waals surface area contributed by atoms with Gasteiger partial charge in [0, 0.05) is 12.6 Å². The summed E-state index contributed by atoms with van der Waals surface area (Å²) < 4.78 is 5.35. The molecule has 0 saturated carbocycles. The number of ether oxygens (including phenoxy) is 1. The number of nitrogens with one attached hydrogen (secondary N) is 1. The van der Waals surface area contributed by atoms with Crippen LogP contribution in [-0.2, 0) is 28.9 Å². The van der Waals surface area contributed by atoms with Gasteiger partial charge in [-0.3, -0.25) is 9.59 Å². The van der Waals surface area contributed by atoms with Crippen molar-refractivity contribution in [3.63, 3.8) is 0 Å². The monoisotopic (exact) mass is 620 g/mol. The first-order valence-corrected chi connectivity index (χ1v) is 16.5. The lowest BCUT2D eigenvalue weighted by Crippen LogP contribution is -2.35. The lowest BCUT2D eigenvalue weighted by atomic mass is 9.90. The average molecular weight is 621 g/mol. The van der Waals surface area contributed by atoms with Gasteiger partial charge in [0.25, 0.3) is 0 Å². The van der Waals surface area contributed by atoms with E-state index in [4.69, 9.17) is 10.5 Å². The zero-order chi connectivity index (χ0) is 32.6. The largest absolute Gasteiger partial charge is 0.504 e. The van der Waals surface area contributed by atoms with Gasteiger partial charge in [-0.25, -0.2) is 0 Å². The van der Waals surface area contributed by atoms with Gasteiger partial charge in [-0.1, -0.05) is 92.4 Å². The van der Waals surface area contributed by atoms with E-state index < -0.39 is 0 Å². The number of benzene rings is 3. The number of Topliss-reactive ketones (excluding diaryl/α,β-unsaturated/α-hetero) is 1. The van der Waals surface area contributed by atoms with Gasteiger partial charge >= 0.3 is 0 Å². The molecule has 4 N–H and O–H groups in total. The van der Waals surface area contributed by atoms with Crippen molar-refractivity contribution in [2.75, 3.05) is 7.11 Å². The van der Waals surface area contributed by atoms with Gasteiger partial charge in [0.2, 0.25) is 0 Å². The van der Waals surface area contributed by atoms with Crippen LogP contribution in [0.4, 0.5) is 0 Å². The average Bonchev–Trinajstić information content (AvgIpc) is 3.06. The van der Waals surface area contributed by atoms with Gasteiger partial charge in [-0.05, 0) is 96.2 Å². The highest BCUT2D eigenvalue weighted by molar-refractivity contribution is 6.06. The van der Waals surface area contributed by atoms with E-state index in [1.54, 1.807) is 18.2 Å². The van der Waals surface area contributed by atoms with E-state index in [0.717, 1.165) is 60.8 Å². The molecule has 0 bridgehead atoms. The van der Waals surface area contributed by atoms with Crippen molar-refractivity contribution < 1.29 is 19.4 Å². The van der Waals surface area contributed by atoms with Crippen molar-refractivity contribution in [2.45, 2.75) is 83.2 Å². The van der Waals surface area contributed by atoms with Crippen molar-refractivity contribution >= 4 is 17.6 Å². The Morgan fingerprint density at radius 2 is 1.50 bits per heavy atom. The highest BCUT2D eigenvalue weighted by atomic mass is 16.5. The molecular weight excluding hydrogens is 572 g/mol. The minimum Gasteiger partial charge on any atom is -0.504 e. The van der Waals surface area contributed by atoms with Gasteiger partial charge in [0.15, 0.2) is 17.3 Å². The predicted molar refractivity (Wildman–Crippen MR) is 187 cm³/mol. The number of carbonyl (C=O) groups is 2. The number of phenolic OH excluding ortho intramolecular Hbond substituents is 1. The summed E-state index contributed by atoms with van der Waals surface area (Å²) in [4.78, 5) is 25.3. The highest BCUT2D eigenvalue weighted by Gasteiger charge is 2.17. The lowest BCUT2D eigenvalue weighted by molar-refractivity contribution is -0.124. The number of methoxy groups -OCH3 is 1. The molecule has 0 fully saturated rings. The zero-order valence-electron chi connectivity index (χ0n) is 27.0. The third-order valence-corrected chi connectivity index (χ3v) is 8.42. The standard InChI is InChI=1S/C40H48N2O4/c1-46-39-26-32(22-23-37(44)28-36(43)19-13-5-3-2-4-8-14-30-15-9-6-10-16-30)34(25-38(39)45)24-35-29-42-40(41)27-33(35)21-20-31-17-11-7-12-18-31/h6-7,9-12,15-18,22-23,25-27,29,40,42,45H,2-5,8,13-14,19-21,24,28,41H2,1H3. The van der Waals surface area contributed by atoms with E-state index in [1.165, 1.54) is 43.6 Å². The van der Waals surface area contributed by atoms with Crippen LogP contribution < -0.4 is 15.8 Å². The van der Waals surface area contributed by atoms with Crippen LogP contribution in [0.25, 0.3) is 6.08 Å². The number of carbonyl (C=O) groups excluding carboxylic acids is 2. The van der Waals surface area contributed by atoms with E-state index in [9.17, 15) is 14.7 Å². The van der Waals surface area contributed by atoms with Gasteiger partial charge in [0.05, 0.1) is 19.7 Å². The second-order valence-corrected chi connectivity index (χ2v) is 12.1. The quantitative estimate of drug-likeness (QED) is 0.0719. The minimum absolute atomic E-state index is 0.0230. The number of dihydropyridines is 1. The summed E-state index contributed by atoms with van der Waals surface area (Å²) >= 11 is 0. The lowest BCUT2D eigenvalue weighted by Gasteiger charge is -2.22. The molecule has 1 aliphatic heterocycles. The summed E-state index contributed by atoms with van der Waals surface area (Å²) in [7, 11) is 1.50. The number of nitrogens with two attached hydrogens (primary N) is 1.